The van der Waals surface area contributed by atoms with Gasteiger partial charge in [-0.15, -0.1) is 0 Å². The monoisotopic (exact) mass is 438 g/mol. The van der Waals surface area contributed by atoms with Crippen LogP contribution in [0.2, 0.25) is 0 Å². The zero-order valence-electron chi connectivity index (χ0n) is 19.0. The Bertz CT molecular complexity index is 672. The van der Waals surface area contributed by atoms with Crippen molar-refractivity contribution in [2.24, 2.45) is 0 Å². The highest BCUT2D eigenvalue weighted by atomic mass is 32.2. The van der Waals surface area contributed by atoms with Crippen LogP contribution in [0.25, 0.3) is 0 Å². The van der Waals surface area contributed by atoms with E-state index in [2.05, 4.69) is 12.2 Å². The van der Waals surface area contributed by atoms with E-state index in [1.54, 1.807) is 24.3 Å². The molecule has 30 heavy (non-hydrogen) atoms. The summed E-state index contributed by atoms with van der Waals surface area (Å²) in [7, 11) is -3.53. The van der Waals surface area contributed by atoms with Crippen LogP contribution in [0.1, 0.15) is 107 Å². The topological polar surface area (TPSA) is 75.3 Å². The number of nitrogens with one attached hydrogen (secondary N) is 2. The second kappa shape index (κ2) is 16.2. The van der Waals surface area contributed by atoms with E-state index in [9.17, 15) is 13.2 Å². The largest absolute Gasteiger partial charge is 0.385 e. The normalized spacial score (nSPS) is 11.4. The standard InChI is InChI=1S/C24H42N2O3S/c1-3-4-5-6-7-8-9-10-11-12-13-14-15-16-21-25-23-19-17-22(18-20-23)24(27)26-30(2,28)29/h17-20,25H,3-16,21H2,1-2H3,(H,26,27). The average Bonchev–Trinajstić information content (AvgIpc) is 2.70. The van der Waals surface area contributed by atoms with E-state index in [0.29, 0.717) is 5.56 Å². The highest BCUT2D eigenvalue weighted by Gasteiger charge is 2.10. The first kappa shape index (κ1) is 26.5. The van der Waals surface area contributed by atoms with Crippen molar-refractivity contribution >= 4 is 21.6 Å². The van der Waals surface area contributed by atoms with E-state index in [1.165, 1.54) is 83.5 Å². The molecule has 172 valence electrons. The number of carbonyl (C=O) groups is 1. The second-order valence-electron chi connectivity index (χ2n) is 8.30. The lowest BCUT2D eigenvalue weighted by Gasteiger charge is -2.08. The van der Waals surface area contributed by atoms with Gasteiger partial charge in [0, 0.05) is 17.8 Å². The maximum Gasteiger partial charge on any atom is 0.264 e. The van der Waals surface area contributed by atoms with Crippen molar-refractivity contribution in [3.63, 3.8) is 0 Å². The fourth-order valence-electron chi connectivity index (χ4n) is 3.52. The van der Waals surface area contributed by atoms with Gasteiger partial charge in [0.2, 0.25) is 10.0 Å². The van der Waals surface area contributed by atoms with E-state index in [0.717, 1.165) is 24.9 Å². The van der Waals surface area contributed by atoms with Gasteiger partial charge in [-0.3, -0.25) is 4.79 Å². The highest BCUT2D eigenvalue weighted by Crippen LogP contribution is 2.14. The van der Waals surface area contributed by atoms with Crippen molar-refractivity contribution in [2.75, 3.05) is 18.1 Å². The number of benzene rings is 1. The first-order valence-corrected chi connectivity index (χ1v) is 13.7. The molecule has 0 unspecified atom stereocenters. The van der Waals surface area contributed by atoms with Gasteiger partial charge in [0.15, 0.2) is 0 Å². The zero-order valence-corrected chi connectivity index (χ0v) is 19.9. The molecule has 0 saturated heterocycles. The van der Waals surface area contributed by atoms with Gasteiger partial charge in [-0.1, -0.05) is 90.4 Å². The third-order valence-corrected chi connectivity index (χ3v) is 5.84. The summed E-state index contributed by atoms with van der Waals surface area (Å²) in [6.45, 7) is 3.18. The number of carbonyl (C=O) groups excluding carboxylic acids is 1. The molecule has 1 rings (SSSR count). The number of hydrogen-bond acceptors (Lipinski definition) is 4. The summed E-state index contributed by atoms with van der Waals surface area (Å²) in [4.78, 5) is 11.8. The van der Waals surface area contributed by atoms with Crippen LogP contribution in [0.3, 0.4) is 0 Å². The van der Waals surface area contributed by atoms with E-state index in [1.807, 2.05) is 4.72 Å². The third kappa shape index (κ3) is 14.4. The van der Waals surface area contributed by atoms with Gasteiger partial charge in [0.05, 0.1) is 6.26 Å². The molecule has 0 fully saturated rings. The molecule has 0 heterocycles. The lowest BCUT2D eigenvalue weighted by molar-refractivity contribution is 0.0981. The summed E-state index contributed by atoms with van der Waals surface area (Å²) in [6.07, 6.45) is 19.9. The molecule has 0 aliphatic carbocycles. The number of anilines is 1. The van der Waals surface area contributed by atoms with Gasteiger partial charge >= 0.3 is 0 Å². The zero-order chi connectivity index (χ0) is 22.1. The molecule has 0 radical (unpaired) electrons. The van der Waals surface area contributed by atoms with Crippen molar-refractivity contribution in [2.45, 2.75) is 96.8 Å². The van der Waals surface area contributed by atoms with Crippen molar-refractivity contribution in [1.29, 1.82) is 0 Å². The van der Waals surface area contributed by atoms with E-state index < -0.39 is 15.9 Å². The summed E-state index contributed by atoms with van der Waals surface area (Å²) in [5, 5.41) is 3.35. The van der Waals surface area contributed by atoms with Crippen LogP contribution >= 0.6 is 0 Å². The summed E-state index contributed by atoms with van der Waals surface area (Å²) in [5.41, 5.74) is 1.28. The van der Waals surface area contributed by atoms with Gasteiger partial charge in [0.1, 0.15) is 0 Å². The van der Waals surface area contributed by atoms with Crippen LogP contribution in [-0.4, -0.2) is 27.1 Å². The summed E-state index contributed by atoms with van der Waals surface area (Å²) in [6, 6.07) is 6.88. The van der Waals surface area contributed by atoms with Crippen LogP contribution in [0, 0.1) is 0 Å². The SMILES string of the molecule is CCCCCCCCCCCCCCCCNc1ccc(C(=O)NS(C)(=O)=O)cc1. The first-order chi connectivity index (χ1) is 14.4. The smallest absolute Gasteiger partial charge is 0.264 e. The Hall–Kier alpha value is -1.56. The third-order valence-electron chi connectivity index (χ3n) is 5.28. The fourth-order valence-corrected chi connectivity index (χ4v) is 3.97. The van der Waals surface area contributed by atoms with Crippen molar-refractivity contribution in [1.82, 2.24) is 4.72 Å². The molecule has 5 nitrogen and oxygen atoms in total. The predicted molar refractivity (Wildman–Crippen MR) is 128 cm³/mol. The number of hydrogen-bond donors (Lipinski definition) is 2. The molecule has 2 N–H and O–H groups in total. The molecule has 0 spiro atoms. The second-order valence-corrected chi connectivity index (χ2v) is 10.1. The molecule has 0 bridgehead atoms. The van der Waals surface area contributed by atoms with Gasteiger partial charge in [-0.2, -0.15) is 0 Å². The molecular weight excluding hydrogens is 396 g/mol. The van der Waals surface area contributed by atoms with Crippen LogP contribution < -0.4 is 10.0 Å². The van der Waals surface area contributed by atoms with Crippen molar-refractivity contribution in [3.05, 3.63) is 29.8 Å². The molecule has 1 aromatic carbocycles. The Labute approximate surface area is 184 Å². The molecule has 0 aromatic heterocycles. The molecule has 1 amide bonds. The van der Waals surface area contributed by atoms with Crippen LogP contribution in [0.15, 0.2) is 24.3 Å². The molecule has 1 aromatic rings. The minimum atomic E-state index is -3.53. The molecule has 6 heteroatoms. The number of rotatable bonds is 18. The maximum absolute atomic E-state index is 11.8. The lowest BCUT2D eigenvalue weighted by atomic mass is 10.0. The molecular formula is C24H42N2O3S. The van der Waals surface area contributed by atoms with E-state index >= 15 is 0 Å². The Morgan fingerprint density at radius 3 is 1.60 bits per heavy atom. The van der Waals surface area contributed by atoms with Gasteiger partial charge < -0.3 is 5.32 Å². The lowest BCUT2D eigenvalue weighted by Crippen LogP contribution is -2.29. The van der Waals surface area contributed by atoms with Crippen molar-refractivity contribution in [3.8, 4) is 0 Å². The molecule has 0 atom stereocenters. The van der Waals surface area contributed by atoms with Gasteiger partial charge in [-0.25, -0.2) is 13.1 Å². The van der Waals surface area contributed by atoms with Crippen LogP contribution in [0.4, 0.5) is 5.69 Å². The highest BCUT2D eigenvalue weighted by molar-refractivity contribution is 7.89. The Morgan fingerprint density at radius 1 is 0.733 bits per heavy atom. The maximum atomic E-state index is 11.8. The predicted octanol–water partition coefficient (Wildman–Crippen LogP) is 6.27. The first-order valence-electron chi connectivity index (χ1n) is 11.8. The summed E-state index contributed by atoms with van der Waals surface area (Å²) < 4.78 is 24.2. The van der Waals surface area contributed by atoms with Crippen molar-refractivity contribution < 1.29 is 13.2 Å². The Morgan fingerprint density at radius 2 is 1.17 bits per heavy atom. The molecule has 0 saturated carbocycles. The van der Waals surface area contributed by atoms with E-state index in [-0.39, 0.29) is 0 Å². The Kier molecular flexibility index (Phi) is 14.3. The number of sulfonamides is 1. The summed E-state index contributed by atoms with van der Waals surface area (Å²) in [5.74, 6) is -0.601. The quantitative estimate of drug-likeness (QED) is 0.265. The van der Waals surface area contributed by atoms with E-state index in [4.69, 9.17) is 0 Å². The average molecular weight is 439 g/mol. The minimum Gasteiger partial charge on any atom is -0.385 e. The fraction of sp³-hybridized carbons (Fsp3) is 0.708. The minimum absolute atomic E-state index is 0.336. The number of unbranched alkanes of at least 4 members (excludes halogenated alkanes) is 13. The number of amides is 1. The van der Waals surface area contributed by atoms with Crippen LogP contribution in [0.5, 0.6) is 0 Å². The molecule has 0 aliphatic rings. The summed E-state index contributed by atoms with van der Waals surface area (Å²) >= 11 is 0. The van der Waals surface area contributed by atoms with Gasteiger partial charge in [-0.05, 0) is 30.7 Å². The molecule has 0 aliphatic heterocycles. The van der Waals surface area contributed by atoms with Crippen LogP contribution in [-0.2, 0) is 10.0 Å². The van der Waals surface area contributed by atoms with Gasteiger partial charge in [0.25, 0.3) is 5.91 Å². The Balaban J connectivity index is 1.96.